The van der Waals surface area contributed by atoms with Crippen molar-refractivity contribution in [3.05, 3.63) is 29.8 Å². The van der Waals surface area contributed by atoms with Gasteiger partial charge in [0.1, 0.15) is 18.4 Å². The first kappa shape index (κ1) is 18.6. The van der Waals surface area contributed by atoms with Gasteiger partial charge < -0.3 is 10.1 Å². The smallest absolute Gasteiger partial charge is 0.416 e. The molecule has 1 aliphatic rings. The van der Waals surface area contributed by atoms with Gasteiger partial charge in [-0.05, 0) is 24.6 Å². The maximum Gasteiger partial charge on any atom is 0.416 e. The largest absolute Gasteiger partial charge is 0.481 e. The Labute approximate surface area is 142 Å². The van der Waals surface area contributed by atoms with Crippen LogP contribution in [0, 0.1) is 11.8 Å². The molecule has 9 heteroatoms. The molecule has 134 valence electrons. The van der Waals surface area contributed by atoms with Gasteiger partial charge >= 0.3 is 6.18 Å². The van der Waals surface area contributed by atoms with E-state index < -0.39 is 17.8 Å². The number of hydrogen-bond acceptors (Lipinski definition) is 4. The number of rotatable bonds is 4. The zero-order valence-electron chi connectivity index (χ0n) is 13.1. The first-order valence-electron chi connectivity index (χ1n) is 7.44. The van der Waals surface area contributed by atoms with Crippen LogP contribution < -0.4 is 20.9 Å². The van der Waals surface area contributed by atoms with Crippen LogP contribution in [0.2, 0.25) is 0 Å². The summed E-state index contributed by atoms with van der Waals surface area (Å²) in [6.07, 6.45) is -3.77. The highest BCUT2D eigenvalue weighted by atomic mass is 19.4. The number of ether oxygens (including phenoxy) is 1. The van der Waals surface area contributed by atoms with Crippen LogP contribution in [0.3, 0.4) is 0 Å². The molecule has 1 saturated heterocycles. The van der Waals surface area contributed by atoms with Crippen molar-refractivity contribution in [3.8, 4) is 17.6 Å². The molecule has 1 atom stereocenters. The predicted molar refractivity (Wildman–Crippen MR) is 82.0 cm³/mol. The van der Waals surface area contributed by atoms with Gasteiger partial charge in [0.05, 0.1) is 12.1 Å². The Morgan fingerprint density at radius 1 is 1.36 bits per heavy atom. The average Bonchev–Trinajstić information content (AvgIpc) is 2.58. The minimum absolute atomic E-state index is 0.0651. The minimum atomic E-state index is -4.43. The second kappa shape index (κ2) is 8.39. The molecule has 3 N–H and O–H groups in total. The van der Waals surface area contributed by atoms with Crippen LogP contribution in [0.5, 0.6) is 5.75 Å². The number of nitrogens with one attached hydrogen (secondary N) is 3. The summed E-state index contributed by atoms with van der Waals surface area (Å²) >= 11 is 0. The number of alkyl halides is 3. The lowest BCUT2D eigenvalue weighted by molar-refractivity contribution is -0.137. The molecule has 0 spiro atoms. The summed E-state index contributed by atoms with van der Waals surface area (Å²) in [6, 6.07) is 3.99. The van der Waals surface area contributed by atoms with Crippen molar-refractivity contribution in [2.24, 2.45) is 0 Å². The third-order valence-corrected chi connectivity index (χ3v) is 3.31. The maximum absolute atomic E-state index is 12.6. The first-order valence-corrected chi connectivity index (χ1v) is 7.44. The van der Waals surface area contributed by atoms with Crippen LogP contribution in [-0.4, -0.2) is 31.0 Å². The molecule has 1 fully saturated rings. The Kier molecular flexibility index (Phi) is 6.25. The van der Waals surface area contributed by atoms with Crippen molar-refractivity contribution in [1.29, 1.82) is 0 Å². The van der Waals surface area contributed by atoms with Crippen molar-refractivity contribution in [2.75, 3.05) is 13.2 Å². The third-order valence-electron chi connectivity index (χ3n) is 3.31. The van der Waals surface area contributed by atoms with E-state index in [4.69, 9.17) is 4.74 Å². The number of hydrazine groups is 1. The molecule has 0 radical (unpaired) electrons. The van der Waals surface area contributed by atoms with E-state index in [9.17, 15) is 22.8 Å². The average molecular weight is 355 g/mol. The highest BCUT2D eigenvalue weighted by molar-refractivity contribution is 5.85. The Balaban J connectivity index is 1.71. The minimum Gasteiger partial charge on any atom is -0.481 e. The molecule has 2 rings (SSSR count). The zero-order valence-corrected chi connectivity index (χ0v) is 13.1. The molecular formula is C16H16F3N3O3. The Hall–Kier alpha value is -2.73. The van der Waals surface area contributed by atoms with Gasteiger partial charge in [0.2, 0.25) is 11.8 Å². The second-order valence-corrected chi connectivity index (χ2v) is 5.17. The van der Waals surface area contributed by atoms with E-state index in [0.717, 1.165) is 12.1 Å². The second-order valence-electron chi connectivity index (χ2n) is 5.17. The Morgan fingerprint density at radius 2 is 2.16 bits per heavy atom. The van der Waals surface area contributed by atoms with Gasteiger partial charge in [-0.25, -0.2) is 5.43 Å². The summed E-state index contributed by atoms with van der Waals surface area (Å²) in [4.78, 5) is 22.7. The number of benzene rings is 1. The van der Waals surface area contributed by atoms with Gasteiger partial charge in [0, 0.05) is 6.42 Å². The van der Waals surface area contributed by atoms with E-state index in [1.54, 1.807) is 0 Å². The van der Waals surface area contributed by atoms with Gasteiger partial charge in [-0.2, -0.15) is 13.2 Å². The fraction of sp³-hybridized carbons (Fsp3) is 0.375. The van der Waals surface area contributed by atoms with E-state index in [0.29, 0.717) is 6.42 Å². The number of hydrogen-bond donors (Lipinski definition) is 3. The van der Waals surface area contributed by atoms with E-state index in [1.807, 2.05) is 0 Å². The molecule has 0 aliphatic carbocycles. The molecule has 6 nitrogen and oxygen atoms in total. The van der Waals surface area contributed by atoms with Crippen LogP contribution >= 0.6 is 0 Å². The number of halogens is 3. The standard InChI is InChI=1S/C16H16F3N3O3/c17-16(18,19)11-4-3-5-12(10-11)25-9-2-1-8-20-15(24)13-6-7-14(23)22-21-13/h3-5,10,13,21H,6-9H2,(H,20,24)(H,22,23). The Bertz CT molecular complexity index is 685. The summed E-state index contributed by atoms with van der Waals surface area (Å²) in [5, 5.41) is 2.56. The van der Waals surface area contributed by atoms with Crippen LogP contribution in [0.1, 0.15) is 18.4 Å². The number of amides is 2. The van der Waals surface area contributed by atoms with Gasteiger partial charge in [-0.3, -0.25) is 15.0 Å². The van der Waals surface area contributed by atoms with Crippen molar-refractivity contribution >= 4 is 11.8 Å². The van der Waals surface area contributed by atoms with E-state index in [-0.39, 0.29) is 37.1 Å². The molecular weight excluding hydrogens is 339 g/mol. The monoisotopic (exact) mass is 355 g/mol. The molecule has 1 aromatic rings. The van der Waals surface area contributed by atoms with Crippen molar-refractivity contribution < 1.29 is 27.5 Å². The Morgan fingerprint density at radius 3 is 2.84 bits per heavy atom. The normalized spacial score (nSPS) is 17.1. The molecule has 1 aromatic carbocycles. The first-order chi connectivity index (χ1) is 11.9. The topological polar surface area (TPSA) is 79.5 Å². The van der Waals surface area contributed by atoms with Crippen molar-refractivity contribution in [1.82, 2.24) is 16.2 Å². The quantitative estimate of drug-likeness (QED) is 0.704. The predicted octanol–water partition coefficient (Wildman–Crippen LogP) is 0.987. The van der Waals surface area contributed by atoms with E-state index in [1.165, 1.54) is 12.1 Å². The van der Waals surface area contributed by atoms with E-state index in [2.05, 4.69) is 28.0 Å². The number of carbonyl (C=O) groups excluding carboxylic acids is 2. The van der Waals surface area contributed by atoms with E-state index >= 15 is 0 Å². The van der Waals surface area contributed by atoms with Gasteiger partial charge in [-0.1, -0.05) is 17.9 Å². The van der Waals surface area contributed by atoms with Gasteiger partial charge in [-0.15, -0.1) is 0 Å². The van der Waals surface area contributed by atoms with Crippen LogP contribution in [-0.2, 0) is 15.8 Å². The van der Waals surface area contributed by atoms with Crippen LogP contribution in [0.15, 0.2) is 24.3 Å². The van der Waals surface area contributed by atoms with Crippen LogP contribution in [0.4, 0.5) is 13.2 Å². The lowest BCUT2D eigenvalue weighted by Gasteiger charge is -2.22. The van der Waals surface area contributed by atoms with Crippen molar-refractivity contribution in [2.45, 2.75) is 25.1 Å². The van der Waals surface area contributed by atoms with Gasteiger partial charge in [0.15, 0.2) is 0 Å². The molecule has 2 amide bonds. The molecule has 25 heavy (non-hydrogen) atoms. The lowest BCUT2D eigenvalue weighted by atomic mass is 10.1. The number of carbonyl (C=O) groups is 2. The van der Waals surface area contributed by atoms with Crippen LogP contribution in [0.25, 0.3) is 0 Å². The molecule has 0 aromatic heterocycles. The molecule has 0 saturated carbocycles. The maximum atomic E-state index is 12.6. The summed E-state index contributed by atoms with van der Waals surface area (Å²) in [5.74, 6) is 4.83. The highest BCUT2D eigenvalue weighted by Gasteiger charge is 2.30. The van der Waals surface area contributed by atoms with Gasteiger partial charge in [0.25, 0.3) is 0 Å². The molecule has 1 unspecified atom stereocenters. The summed E-state index contributed by atoms with van der Waals surface area (Å²) < 4.78 is 42.8. The SMILES string of the molecule is O=C1CCC(C(=O)NCC#CCOc2cccc(C(F)(F)F)c2)NN1. The molecule has 0 bridgehead atoms. The van der Waals surface area contributed by atoms with Crippen molar-refractivity contribution in [3.63, 3.8) is 0 Å². The fourth-order valence-corrected chi connectivity index (χ4v) is 2.02. The lowest BCUT2D eigenvalue weighted by Crippen LogP contribution is -2.55. The zero-order chi connectivity index (χ0) is 18.3. The summed E-state index contributed by atoms with van der Waals surface area (Å²) in [7, 11) is 0. The molecule has 1 heterocycles. The summed E-state index contributed by atoms with van der Waals surface area (Å²) in [6.45, 7) is -0.0359. The fourth-order valence-electron chi connectivity index (χ4n) is 2.02. The third kappa shape index (κ3) is 6.00. The molecule has 1 aliphatic heterocycles. The summed E-state index contributed by atoms with van der Waals surface area (Å²) in [5.41, 5.74) is 4.16. The highest BCUT2D eigenvalue weighted by Crippen LogP contribution is 2.31.